The summed E-state index contributed by atoms with van der Waals surface area (Å²) in [7, 11) is 0. The van der Waals surface area contributed by atoms with Crippen molar-refractivity contribution in [2.24, 2.45) is 0 Å². The molecule has 0 aliphatic carbocycles. The van der Waals surface area contributed by atoms with E-state index in [2.05, 4.69) is 20.9 Å². The van der Waals surface area contributed by atoms with Crippen molar-refractivity contribution in [1.29, 1.82) is 0 Å². The van der Waals surface area contributed by atoms with Crippen LogP contribution in [-0.4, -0.2) is 4.98 Å². The van der Waals surface area contributed by atoms with Crippen molar-refractivity contribution in [2.45, 2.75) is 5.33 Å². The van der Waals surface area contributed by atoms with Gasteiger partial charge in [0, 0.05) is 21.8 Å². The first-order valence-corrected chi connectivity index (χ1v) is 6.06. The Morgan fingerprint density at radius 3 is 2.53 bits per heavy atom. The van der Waals surface area contributed by atoms with E-state index in [0.717, 1.165) is 5.39 Å². The van der Waals surface area contributed by atoms with Gasteiger partial charge in [-0.15, -0.1) is 0 Å². The molecular formula is C10H6BrCl2NO. The quantitative estimate of drug-likeness (QED) is 0.800. The van der Waals surface area contributed by atoms with Gasteiger partial charge in [-0.2, -0.15) is 0 Å². The fourth-order valence-electron chi connectivity index (χ4n) is 1.34. The molecule has 0 saturated heterocycles. The Morgan fingerprint density at radius 1 is 1.20 bits per heavy atom. The van der Waals surface area contributed by atoms with E-state index in [1.54, 1.807) is 18.2 Å². The van der Waals surface area contributed by atoms with E-state index in [1.165, 1.54) is 0 Å². The molecule has 78 valence electrons. The molecule has 0 saturated carbocycles. The second-order valence-corrected chi connectivity index (χ2v) is 4.49. The van der Waals surface area contributed by atoms with Crippen molar-refractivity contribution in [3.05, 3.63) is 44.2 Å². The number of halogens is 3. The lowest BCUT2D eigenvalue weighted by Crippen LogP contribution is -2.10. The lowest BCUT2D eigenvalue weighted by Gasteiger charge is -2.02. The Labute approximate surface area is 104 Å². The van der Waals surface area contributed by atoms with Gasteiger partial charge in [0.05, 0.1) is 10.0 Å². The Balaban J connectivity index is 2.82. The molecule has 1 aromatic carbocycles. The number of alkyl halides is 1. The highest BCUT2D eigenvalue weighted by molar-refractivity contribution is 9.08. The highest BCUT2D eigenvalue weighted by Crippen LogP contribution is 2.26. The van der Waals surface area contributed by atoms with Gasteiger partial charge in [-0.05, 0) is 18.2 Å². The summed E-state index contributed by atoms with van der Waals surface area (Å²) in [6.07, 6.45) is 0. The van der Waals surface area contributed by atoms with E-state index in [4.69, 9.17) is 23.2 Å². The highest BCUT2D eigenvalue weighted by Gasteiger charge is 2.04. The van der Waals surface area contributed by atoms with E-state index in [0.29, 0.717) is 26.5 Å². The zero-order chi connectivity index (χ0) is 11.0. The van der Waals surface area contributed by atoms with Gasteiger partial charge in [-0.1, -0.05) is 39.1 Å². The molecule has 5 heteroatoms. The molecule has 2 aromatic rings. The summed E-state index contributed by atoms with van der Waals surface area (Å²) < 4.78 is 0. The minimum Gasteiger partial charge on any atom is -0.322 e. The molecule has 0 radical (unpaired) electrons. The molecule has 0 amide bonds. The summed E-state index contributed by atoms with van der Waals surface area (Å²) in [6, 6.07) is 5.19. The van der Waals surface area contributed by atoms with Gasteiger partial charge >= 0.3 is 0 Å². The summed E-state index contributed by atoms with van der Waals surface area (Å²) in [5.41, 5.74) is 1.25. The number of pyridine rings is 1. The van der Waals surface area contributed by atoms with Crippen molar-refractivity contribution in [2.75, 3.05) is 0 Å². The van der Waals surface area contributed by atoms with Crippen LogP contribution in [0.1, 0.15) is 5.56 Å². The third-order valence-corrected chi connectivity index (χ3v) is 3.43. The van der Waals surface area contributed by atoms with Crippen LogP contribution in [0.3, 0.4) is 0 Å². The molecule has 0 fully saturated rings. The Hall–Kier alpha value is -0.510. The van der Waals surface area contributed by atoms with Gasteiger partial charge in [-0.3, -0.25) is 4.79 Å². The molecule has 1 N–H and O–H groups in total. The number of nitrogens with one attached hydrogen (secondary N) is 1. The number of fused-ring (bicyclic) bond motifs is 1. The molecule has 1 heterocycles. The smallest absolute Gasteiger partial charge is 0.252 e. The van der Waals surface area contributed by atoms with E-state index in [-0.39, 0.29) is 5.56 Å². The fraction of sp³-hybridized carbons (Fsp3) is 0.100. The number of aromatic amines is 1. The lowest BCUT2D eigenvalue weighted by atomic mass is 10.2. The normalized spacial score (nSPS) is 10.9. The van der Waals surface area contributed by atoms with E-state index >= 15 is 0 Å². The minimum absolute atomic E-state index is 0.113. The van der Waals surface area contributed by atoms with Gasteiger partial charge in [0.1, 0.15) is 0 Å². The van der Waals surface area contributed by atoms with Crippen LogP contribution in [0.4, 0.5) is 0 Å². The number of H-pyrrole nitrogens is 1. The topological polar surface area (TPSA) is 32.9 Å². The third-order valence-electron chi connectivity index (χ3n) is 2.11. The Morgan fingerprint density at radius 2 is 1.87 bits per heavy atom. The number of hydrogen-bond acceptors (Lipinski definition) is 1. The molecule has 0 bridgehead atoms. The molecule has 0 spiro atoms. The van der Waals surface area contributed by atoms with Crippen molar-refractivity contribution in [3.63, 3.8) is 0 Å². The monoisotopic (exact) mass is 305 g/mol. The van der Waals surface area contributed by atoms with Crippen LogP contribution in [0.15, 0.2) is 23.0 Å². The zero-order valence-electron chi connectivity index (χ0n) is 7.48. The zero-order valence-corrected chi connectivity index (χ0v) is 10.6. The van der Waals surface area contributed by atoms with Crippen LogP contribution >= 0.6 is 39.1 Å². The molecule has 0 atom stereocenters. The molecule has 0 unspecified atom stereocenters. The standard InChI is InChI=1S/C10H6BrCl2NO/c11-4-6-1-5-2-7(12)8(13)3-9(5)14-10(6)15/h1-3H,4H2,(H,14,15). The highest BCUT2D eigenvalue weighted by atomic mass is 79.9. The average Bonchev–Trinajstić information content (AvgIpc) is 2.20. The molecular weight excluding hydrogens is 301 g/mol. The lowest BCUT2D eigenvalue weighted by molar-refractivity contribution is 1.22. The second-order valence-electron chi connectivity index (χ2n) is 3.11. The van der Waals surface area contributed by atoms with Gasteiger partial charge in [0.25, 0.3) is 5.56 Å². The van der Waals surface area contributed by atoms with Crippen LogP contribution in [0, 0.1) is 0 Å². The molecule has 0 aliphatic rings. The van der Waals surface area contributed by atoms with E-state index in [9.17, 15) is 4.79 Å². The summed E-state index contributed by atoms with van der Waals surface area (Å²) in [5.74, 6) is 0. The summed E-state index contributed by atoms with van der Waals surface area (Å²) in [6.45, 7) is 0. The average molecular weight is 307 g/mol. The SMILES string of the molecule is O=c1[nH]c2cc(Cl)c(Cl)cc2cc1CBr. The van der Waals surface area contributed by atoms with Crippen LogP contribution < -0.4 is 5.56 Å². The largest absolute Gasteiger partial charge is 0.322 e. The third kappa shape index (κ3) is 2.05. The first-order chi connectivity index (χ1) is 7.11. The minimum atomic E-state index is -0.113. The fourth-order valence-corrected chi connectivity index (χ4v) is 2.10. The van der Waals surface area contributed by atoms with E-state index < -0.39 is 0 Å². The van der Waals surface area contributed by atoms with Crippen molar-refractivity contribution in [1.82, 2.24) is 4.98 Å². The first kappa shape index (κ1) is 11.0. The van der Waals surface area contributed by atoms with Crippen molar-refractivity contribution >= 4 is 50.0 Å². The van der Waals surface area contributed by atoms with Crippen LogP contribution in [-0.2, 0) is 5.33 Å². The predicted molar refractivity (Wildman–Crippen MR) is 67.2 cm³/mol. The maximum atomic E-state index is 11.5. The van der Waals surface area contributed by atoms with Crippen LogP contribution in [0.5, 0.6) is 0 Å². The van der Waals surface area contributed by atoms with Gasteiger partial charge in [0.15, 0.2) is 0 Å². The number of aromatic nitrogens is 1. The van der Waals surface area contributed by atoms with Crippen molar-refractivity contribution < 1.29 is 0 Å². The Bertz CT molecular complexity index is 579. The number of hydrogen-bond donors (Lipinski definition) is 1. The molecule has 2 rings (SSSR count). The molecule has 15 heavy (non-hydrogen) atoms. The molecule has 2 nitrogen and oxygen atoms in total. The van der Waals surface area contributed by atoms with Gasteiger partial charge < -0.3 is 4.98 Å². The number of rotatable bonds is 1. The summed E-state index contributed by atoms with van der Waals surface area (Å²) >= 11 is 15.0. The van der Waals surface area contributed by atoms with Gasteiger partial charge in [-0.25, -0.2) is 0 Å². The van der Waals surface area contributed by atoms with E-state index in [1.807, 2.05) is 0 Å². The second kappa shape index (κ2) is 4.16. The van der Waals surface area contributed by atoms with Crippen LogP contribution in [0.25, 0.3) is 10.9 Å². The summed E-state index contributed by atoms with van der Waals surface area (Å²) in [4.78, 5) is 14.2. The summed E-state index contributed by atoms with van der Waals surface area (Å²) in [5, 5.41) is 2.31. The number of benzene rings is 1. The molecule has 1 aromatic heterocycles. The predicted octanol–water partition coefficient (Wildman–Crippen LogP) is 3.73. The first-order valence-electron chi connectivity index (χ1n) is 4.18. The maximum Gasteiger partial charge on any atom is 0.252 e. The maximum absolute atomic E-state index is 11.5. The van der Waals surface area contributed by atoms with Crippen LogP contribution in [0.2, 0.25) is 10.0 Å². The Kier molecular flexibility index (Phi) is 3.05. The van der Waals surface area contributed by atoms with Crippen molar-refractivity contribution in [3.8, 4) is 0 Å². The molecule has 0 aliphatic heterocycles. The van der Waals surface area contributed by atoms with Gasteiger partial charge in [0.2, 0.25) is 0 Å².